The highest BCUT2D eigenvalue weighted by Gasteiger charge is 2.48. The van der Waals surface area contributed by atoms with Gasteiger partial charge in [0.2, 0.25) is 0 Å². The standard InChI is InChI=1S/C13H14BrF3O4S/c1-9-4-2-3-5-10(6-7-11(9)12(18)8-14)21-22(19,20)13(15,16)17/h6-7H,1-5,8H2/b10-6+,11-7?. The van der Waals surface area contributed by atoms with Gasteiger partial charge < -0.3 is 4.18 Å². The van der Waals surface area contributed by atoms with Crippen molar-refractivity contribution in [3.05, 3.63) is 35.6 Å². The number of alkyl halides is 4. The molecule has 0 aromatic heterocycles. The summed E-state index contributed by atoms with van der Waals surface area (Å²) in [5.74, 6) is -0.645. The molecular weight excluding hydrogens is 389 g/mol. The molecule has 0 amide bonds. The lowest BCUT2D eigenvalue weighted by atomic mass is 9.99. The molecule has 0 aliphatic heterocycles. The molecule has 0 saturated heterocycles. The number of allylic oxidation sites excluding steroid dienone is 5. The van der Waals surface area contributed by atoms with Gasteiger partial charge in [0, 0.05) is 12.0 Å². The van der Waals surface area contributed by atoms with E-state index in [1.165, 1.54) is 6.08 Å². The fourth-order valence-corrected chi connectivity index (χ4v) is 2.59. The maximum absolute atomic E-state index is 12.3. The molecule has 0 spiro atoms. The van der Waals surface area contributed by atoms with Gasteiger partial charge in [0.25, 0.3) is 0 Å². The predicted octanol–water partition coefficient (Wildman–Crippen LogP) is 3.76. The topological polar surface area (TPSA) is 60.4 Å². The molecule has 1 aliphatic carbocycles. The molecule has 1 aliphatic rings. The van der Waals surface area contributed by atoms with Gasteiger partial charge in [0.05, 0.1) is 5.33 Å². The predicted molar refractivity (Wildman–Crippen MR) is 78.6 cm³/mol. The summed E-state index contributed by atoms with van der Waals surface area (Å²) >= 11 is 3.00. The molecule has 0 fully saturated rings. The van der Waals surface area contributed by atoms with Gasteiger partial charge in [-0.1, -0.05) is 22.5 Å². The van der Waals surface area contributed by atoms with Crippen molar-refractivity contribution in [2.75, 3.05) is 5.33 Å². The molecule has 9 heteroatoms. The fraction of sp³-hybridized carbons (Fsp3) is 0.462. The molecule has 0 bridgehead atoms. The first-order chi connectivity index (χ1) is 10.1. The zero-order valence-corrected chi connectivity index (χ0v) is 13.9. The normalized spacial score (nSPS) is 20.1. The number of hydrogen-bond donors (Lipinski definition) is 0. The molecule has 0 N–H and O–H groups in total. The van der Waals surface area contributed by atoms with Crippen LogP contribution in [0, 0.1) is 0 Å². The van der Waals surface area contributed by atoms with Crippen LogP contribution in [0.2, 0.25) is 0 Å². The Labute approximate surface area is 135 Å². The number of ketones is 1. The Kier molecular flexibility index (Phi) is 6.42. The van der Waals surface area contributed by atoms with Gasteiger partial charge in [-0.25, -0.2) is 0 Å². The van der Waals surface area contributed by atoms with E-state index >= 15 is 0 Å². The largest absolute Gasteiger partial charge is 0.534 e. The van der Waals surface area contributed by atoms with Crippen LogP contribution in [0.5, 0.6) is 0 Å². The molecule has 0 radical (unpaired) electrons. The Hall–Kier alpha value is -1.09. The summed E-state index contributed by atoms with van der Waals surface area (Å²) in [6, 6.07) is 0. The average molecular weight is 403 g/mol. The van der Waals surface area contributed by atoms with Crippen LogP contribution in [0.3, 0.4) is 0 Å². The molecule has 0 atom stereocenters. The highest BCUT2D eigenvalue weighted by molar-refractivity contribution is 9.09. The summed E-state index contributed by atoms with van der Waals surface area (Å²) in [6.45, 7) is 3.77. The van der Waals surface area contributed by atoms with Gasteiger partial charge >= 0.3 is 15.6 Å². The summed E-state index contributed by atoms with van der Waals surface area (Å²) in [7, 11) is -5.71. The number of carbonyl (C=O) groups excluding carboxylic acids is 1. The third-order valence-corrected chi connectivity index (χ3v) is 4.40. The average Bonchev–Trinajstić information content (AvgIpc) is 2.48. The molecule has 0 heterocycles. The van der Waals surface area contributed by atoms with E-state index in [0.29, 0.717) is 24.8 Å². The van der Waals surface area contributed by atoms with Crippen LogP contribution < -0.4 is 0 Å². The first-order valence-electron chi connectivity index (χ1n) is 6.27. The highest BCUT2D eigenvalue weighted by Crippen LogP contribution is 2.29. The van der Waals surface area contributed by atoms with E-state index in [4.69, 9.17) is 0 Å². The van der Waals surface area contributed by atoms with Crippen molar-refractivity contribution < 1.29 is 30.6 Å². The van der Waals surface area contributed by atoms with E-state index < -0.39 is 15.6 Å². The number of Topliss-reactive ketones (excluding diaryl/α,β-unsaturated/α-hetero) is 1. The van der Waals surface area contributed by atoms with Crippen LogP contribution in [0.15, 0.2) is 35.6 Å². The minimum Gasteiger partial charge on any atom is -0.381 e. The smallest absolute Gasteiger partial charge is 0.381 e. The van der Waals surface area contributed by atoms with Crippen molar-refractivity contribution in [1.29, 1.82) is 0 Å². The SMILES string of the molecule is C=C1CCCC/C(OS(=O)(=O)C(F)(F)F)=C\C=C1C(=O)CBr. The van der Waals surface area contributed by atoms with Crippen LogP contribution in [0.25, 0.3) is 0 Å². The summed E-state index contributed by atoms with van der Waals surface area (Å²) in [6.07, 6.45) is 3.82. The molecule has 22 heavy (non-hydrogen) atoms. The number of rotatable bonds is 4. The monoisotopic (exact) mass is 402 g/mol. The number of carbonyl (C=O) groups is 1. The Morgan fingerprint density at radius 2 is 1.86 bits per heavy atom. The summed E-state index contributed by atoms with van der Waals surface area (Å²) in [5.41, 5.74) is -4.70. The lowest BCUT2D eigenvalue weighted by Gasteiger charge is -2.11. The molecule has 124 valence electrons. The van der Waals surface area contributed by atoms with E-state index in [1.807, 2.05) is 0 Å². The quantitative estimate of drug-likeness (QED) is 0.408. The van der Waals surface area contributed by atoms with Crippen molar-refractivity contribution >= 4 is 31.8 Å². The van der Waals surface area contributed by atoms with Crippen molar-refractivity contribution in [3.8, 4) is 0 Å². The van der Waals surface area contributed by atoms with Crippen molar-refractivity contribution in [2.45, 2.75) is 31.2 Å². The number of halogens is 4. The highest BCUT2D eigenvalue weighted by atomic mass is 79.9. The summed E-state index contributed by atoms with van der Waals surface area (Å²) in [4.78, 5) is 11.8. The van der Waals surface area contributed by atoms with Crippen molar-refractivity contribution in [2.24, 2.45) is 0 Å². The van der Waals surface area contributed by atoms with Crippen LogP contribution in [0.4, 0.5) is 13.2 Å². The Balaban J connectivity index is 3.13. The third kappa shape index (κ3) is 4.98. The Bertz CT molecular complexity index is 618. The van der Waals surface area contributed by atoms with E-state index in [-0.39, 0.29) is 28.9 Å². The summed E-state index contributed by atoms with van der Waals surface area (Å²) < 4.78 is 63.2. The maximum atomic E-state index is 12.3. The van der Waals surface area contributed by atoms with E-state index in [9.17, 15) is 26.4 Å². The molecule has 0 aromatic rings. The molecule has 0 aromatic carbocycles. The first kappa shape index (κ1) is 19.0. The Morgan fingerprint density at radius 1 is 1.27 bits per heavy atom. The minimum absolute atomic E-state index is 0.0227. The lowest BCUT2D eigenvalue weighted by molar-refractivity contribution is -0.112. The lowest BCUT2D eigenvalue weighted by Crippen LogP contribution is -2.25. The van der Waals surface area contributed by atoms with Crippen LogP contribution in [-0.4, -0.2) is 25.0 Å². The molecule has 1 rings (SSSR count). The van der Waals surface area contributed by atoms with Gasteiger partial charge in [-0.3, -0.25) is 4.79 Å². The van der Waals surface area contributed by atoms with Gasteiger partial charge in [-0.05, 0) is 37.0 Å². The van der Waals surface area contributed by atoms with Crippen molar-refractivity contribution in [3.63, 3.8) is 0 Å². The van der Waals surface area contributed by atoms with Crippen LogP contribution >= 0.6 is 15.9 Å². The van der Waals surface area contributed by atoms with Gasteiger partial charge in [0.15, 0.2) is 5.78 Å². The second-order valence-electron chi connectivity index (χ2n) is 4.56. The molecule has 4 nitrogen and oxygen atoms in total. The maximum Gasteiger partial charge on any atom is 0.534 e. The van der Waals surface area contributed by atoms with Gasteiger partial charge in [-0.2, -0.15) is 21.6 Å². The molecule has 0 unspecified atom stereocenters. The summed E-state index contributed by atoms with van der Waals surface area (Å²) in [5, 5.41) is 0.0305. The second-order valence-corrected chi connectivity index (χ2v) is 6.66. The first-order valence-corrected chi connectivity index (χ1v) is 8.80. The van der Waals surface area contributed by atoms with E-state index in [2.05, 4.69) is 26.7 Å². The number of hydrogen-bond acceptors (Lipinski definition) is 4. The second kappa shape index (κ2) is 7.45. The van der Waals surface area contributed by atoms with Gasteiger partial charge in [0.1, 0.15) is 5.76 Å². The van der Waals surface area contributed by atoms with E-state index in [0.717, 1.165) is 6.08 Å². The Morgan fingerprint density at radius 3 is 2.41 bits per heavy atom. The van der Waals surface area contributed by atoms with Gasteiger partial charge in [-0.15, -0.1) is 0 Å². The van der Waals surface area contributed by atoms with Crippen molar-refractivity contribution in [1.82, 2.24) is 0 Å². The molecule has 0 saturated carbocycles. The molecular formula is C13H14BrF3O4S. The minimum atomic E-state index is -5.71. The zero-order valence-electron chi connectivity index (χ0n) is 11.5. The fourth-order valence-electron chi connectivity index (χ4n) is 1.77. The van der Waals surface area contributed by atoms with Crippen LogP contribution in [-0.2, 0) is 19.1 Å². The zero-order chi connectivity index (χ0) is 17.0. The van der Waals surface area contributed by atoms with Crippen LogP contribution in [0.1, 0.15) is 25.7 Å². The third-order valence-electron chi connectivity index (χ3n) is 2.89. The van der Waals surface area contributed by atoms with E-state index in [1.54, 1.807) is 0 Å².